The molecule has 5 rings (SSSR count). The molecule has 2 aromatic heterocycles. The Bertz CT molecular complexity index is 1580. The summed E-state index contributed by atoms with van der Waals surface area (Å²) in [6.07, 6.45) is -4.30. The highest BCUT2D eigenvalue weighted by Crippen LogP contribution is 2.20. The van der Waals surface area contributed by atoms with Gasteiger partial charge >= 0.3 is 6.43 Å². The molecule has 2 amide bonds. The van der Waals surface area contributed by atoms with E-state index in [1.807, 2.05) is 12.1 Å². The summed E-state index contributed by atoms with van der Waals surface area (Å²) in [5, 5.41) is 11.1. The van der Waals surface area contributed by atoms with E-state index in [1.54, 1.807) is 59.1 Å². The lowest BCUT2D eigenvalue weighted by molar-refractivity contribution is -0.0669. The quantitative estimate of drug-likeness (QED) is 0.255. The van der Waals surface area contributed by atoms with Crippen molar-refractivity contribution in [3.63, 3.8) is 0 Å². The maximum Gasteiger partial charge on any atom is 0.304 e. The first kappa shape index (κ1) is 31.1. The number of nitrogens with one attached hydrogen (secondary N) is 1. The van der Waals surface area contributed by atoms with Crippen LogP contribution in [-0.4, -0.2) is 80.6 Å². The Morgan fingerprint density at radius 3 is 2.25 bits per heavy atom. The van der Waals surface area contributed by atoms with E-state index in [0.29, 0.717) is 49.8 Å². The Kier molecular flexibility index (Phi) is 9.90. The number of carbonyl (C=O) groups excluding carboxylic acids is 2. The number of carbonyl (C=O) groups is 2. The first-order valence-corrected chi connectivity index (χ1v) is 14.6. The van der Waals surface area contributed by atoms with Crippen LogP contribution in [-0.2, 0) is 13.1 Å². The maximum absolute atomic E-state index is 13.5. The van der Waals surface area contributed by atoms with Crippen molar-refractivity contribution in [3.8, 4) is 5.75 Å². The van der Waals surface area contributed by atoms with Crippen LogP contribution in [0.15, 0.2) is 71.3 Å². The molecule has 1 unspecified atom stereocenters. The van der Waals surface area contributed by atoms with Crippen molar-refractivity contribution in [1.82, 2.24) is 29.8 Å². The van der Waals surface area contributed by atoms with Crippen molar-refractivity contribution in [2.45, 2.75) is 32.8 Å². The third-order valence-electron chi connectivity index (χ3n) is 7.03. The van der Waals surface area contributed by atoms with Crippen LogP contribution in [0.1, 0.15) is 37.8 Å². The molecular formula is C30H29BrF3N7O3. The molecule has 0 spiro atoms. The highest BCUT2D eigenvalue weighted by molar-refractivity contribution is 9.10. The first-order valence-electron chi connectivity index (χ1n) is 13.8. The number of piperazine rings is 1. The van der Waals surface area contributed by atoms with Crippen LogP contribution in [0.4, 0.5) is 18.9 Å². The number of amides is 2. The molecule has 1 aliphatic rings. The molecule has 0 radical (unpaired) electrons. The molecule has 44 heavy (non-hydrogen) atoms. The molecule has 10 nitrogen and oxygen atoms in total. The molecule has 4 aromatic rings. The Balaban J connectivity index is 1.15. The fourth-order valence-electron chi connectivity index (χ4n) is 4.70. The van der Waals surface area contributed by atoms with Crippen LogP contribution in [0.5, 0.6) is 5.75 Å². The van der Waals surface area contributed by atoms with Gasteiger partial charge in [0.15, 0.2) is 0 Å². The van der Waals surface area contributed by atoms with Crippen LogP contribution in [0.2, 0.25) is 0 Å². The molecule has 1 N–H and O–H groups in total. The monoisotopic (exact) mass is 671 g/mol. The summed E-state index contributed by atoms with van der Waals surface area (Å²) in [4.78, 5) is 34.3. The molecule has 0 saturated carbocycles. The molecule has 0 aliphatic carbocycles. The van der Waals surface area contributed by atoms with E-state index >= 15 is 0 Å². The Labute approximate surface area is 259 Å². The summed E-state index contributed by atoms with van der Waals surface area (Å²) < 4.78 is 44.9. The normalized spacial score (nSPS) is 14.5. The van der Waals surface area contributed by atoms with Crippen LogP contribution >= 0.6 is 15.9 Å². The van der Waals surface area contributed by atoms with Crippen molar-refractivity contribution < 1.29 is 27.5 Å². The Hall–Kier alpha value is -4.30. The largest absolute Gasteiger partial charge is 0.454 e. The minimum absolute atomic E-state index is 0.0338. The van der Waals surface area contributed by atoms with Gasteiger partial charge in [-0.3, -0.25) is 19.5 Å². The van der Waals surface area contributed by atoms with Crippen LogP contribution in [0, 0.1) is 6.92 Å². The maximum atomic E-state index is 13.5. The standard InChI is InChI=1S/C30H29BrF3N7O3/c1-19-26(30(43)40-14-12-39(13-15-40)17-20-2-9-24(10-3-20)44-28(34)27(32)33)41(38-37-19)18-21-4-11-25(35-16-21)29(42)36-23-7-5-22(31)6-8-23/h2-11,16,27-28H,12-15,17-18H2,1H3,(H,36,42). The zero-order chi connectivity index (χ0) is 31.2. The number of benzene rings is 2. The van der Waals surface area contributed by atoms with Gasteiger partial charge in [0.05, 0.1) is 12.2 Å². The number of alkyl halides is 3. The number of rotatable bonds is 10. The first-order chi connectivity index (χ1) is 21.2. The smallest absolute Gasteiger partial charge is 0.304 e. The molecule has 230 valence electrons. The fraction of sp³-hybridized carbons (Fsp3) is 0.300. The van der Waals surface area contributed by atoms with Gasteiger partial charge < -0.3 is 15.0 Å². The summed E-state index contributed by atoms with van der Waals surface area (Å²) in [6, 6.07) is 16.9. The molecular weight excluding hydrogens is 643 g/mol. The van der Waals surface area contributed by atoms with Crippen molar-refractivity contribution in [2.75, 3.05) is 31.5 Å². The lowest BCUT2D eigenvalue weighted by atomic mass is 10.2. The van der Waals surface area contributed by atoms with E-state index in [9.17, 15) is 22.8 Å². The molecule has 2 aromatic carbocycles. The number of aromatic nitrogens is 4. The predicted molar refractivity (Wildman–Crippen MR) is 159 cm³/mol. The van der Waals surface area contributed by atoms with Crippen molar-refractivity contribution in [3.05, 3.63) is 99.5 Å². The van der Waals surface area contributed by atoms with Crippen molar-refractivity contribution >= 4 is 33.4 Å². The highest BCUT2D eigenvalue weighted by Gasteiger charge is 2.27. The average molecular weight is 673 g/mol. The Morgan fingerprint density at radius 1 is 0.932 bits per heavy atom. The molecule has 14 heteroatoms. The second kappa shape index (κ2) is 14.0. The number of aryl methyl sites for hydroxylation is 1. The van der Waals surface area contributed by atoms with E-state index in [0.717, 1.165) is 15.6 Å². The van der Waals surface area contributed by atoms with Gasteiger partial charge in [-0.25, -0.2) is 13.5 Å². The molecule has 1 fully saturated rings. The number of anilines is 1. The number of nitrogens with zero attached hydrogens (tertiary/aromatic N) is 6. The van der Waals surface area contributed by atoms with E-state index in [1.165, 1.54) is 12.1 Å². The molecule has 1 atom stereocenters. The van der Waals surface area contributed by atoms with Crippen LogP contribution < -0.4 is 10.1 Å². The lowest BCUT2D eigenvalue weighted by Gasteiger charge is -2.34. The minimum Gasteiger partial charge on any atom is -0.454 e. The summed E-state index contributed by atoms with van der Waals surface area (Å²) in [6.45, 7) is 4.80. The number of hydrogen-bond donors (Lipinski definition) is 1. The van der Waals surface area contributed by atoms with Gasteiger partial charge in [0.1, 0.15) is 17.1 Å². The zero-order valence-corrected chi connectivity index (χ0v) is 25.3. The summed E-state index contributed by atoms with van der Waals surface area (Å²) in [7, 11) is 0. The van der Waals surface area contributed by atoms with Crippen molar-refractivity contribution in [2.24, 2.45) is 0 Å². The van der Waals surface area contributed by atoms with Gasteiger partial charge in [-0.05, 0) is 60.5 Å². The van der Waals surface area contributed by atoms with Crippen molar-refractivity contribution in [1.29, 1.82) is 0 Å². The van der Waals surface area contributed by atoms with Gasteiger partial charge in [-0.2, -0.15) is 4.39 Å². The van der Waals surface area contributed by atoms with Gasteiger partial charge in [0.25, 0.3) is 18.2 Å². The second-order valence-corrected chi connectivity index (χ2v) is 11.1. The third-order valence-corrected chi connectivity index (χ3v) is 7.56. The van der Waals surface area contributed by atoms with E-state index in [4.69, 9.17) is 0 Å². The third kappa shape index (κ3) is 7.80. The van der Waals surface area contributed by atoms with E-state index < -0.39 is 12.8 Å². The molecule has 1 saturated heterocycles. The zero-order valence-electron chi connectivity index (χ0n) is 23.7. The van der Waals surface area contributed by atoms with Crippen LogP contribution in [0.3, 0.4) is 0 Å². The number of ether oxygens (including phenoxy) is 1. The summed E-state index contributed by atoms with van der Waals surface area (Å²) in [5.74, 6) is -0.477. The number of pyridine rings is 1. The number of halogens is 4. The Morgan fingerprint density at radius 2 is 1.61 bits per heavy atom. The molecule has 3 heterocycles. The topological polar surface area (TPSA) is 105 Å². The van der Waals surface area contributed by atoms with Gasteiger partial charge in [-0.15, -0.1) is 5.10 Å². The van der Waals surface area contributed by atoms with Crippen LogP contribution in [0.25, 0.3) is 0 Å². The lowest BCUT2D eigenvalue weighted by Crippen LogP contribution is -2.48. The second-order valence-electron chi connectivity index (χ2n) is 10.2. The molecule has 1 aliphatic heterocycles. The highest BCUT2D eigenvalue weighted by atomic mass is 79.9. The molecule has 0 bridgehead atoms. The van der Waals surface area contributed by atoms with Gasteiger partial charge in [-0.1, -0.05) is 39.3 Å². The number of hydrogen-bond acceptors (Lipinski definition) is 7. The predicted octanol–water partition coefficient (Wildman–Crippen LogP) is 4.94. The van der Waals surface area contributed by atoms with Gasteiger partial charge in [0.2, 0.25) is 0 Å². The SMILES string of the molecule is Cc1nnn(Cc2ccc(C(=O)Nc3ccc(Br)cc3)nc2)c1C(=O)N1CCN(Cc2ccc(OC(F)C(F)F)cc2)CC1. The van der Waals surface area contributed by atoms with E-state index in [-0.39, 0.29) is 29.8 Å². The summed E-state index contributed by atoms with van der Waals surface area (Å²) in [5.41, 5.74) is 3.47. The van der Waals surface area contributed by atoms with E-state index in [2.05, 4.69) is 46.2 Å². The fourth-order valence-corrected chi connectivity index (χ4v) is 4.97. The summed E-state index contributed by atoms with van der Waals surface area (Å²) >= 11 is 3.36. The van der Waals surface area contributed by atoms with Gasteiger partial charge in [0, 0.05) is 49.1 Å². The minimum atomic E-state index is -3.21. The average Bonchev–Trinajstić information content (AvgIpc) is 3.38.